The molecule has 0 unspecified atom stereocenters. The van der Waals surface area contributed by atoms with Crippen LogP contribution in [0.15, 0.2) is 18.2 Å². The number of benzene rings is 1. The summed E-state index contributed by atoms with van der Waals surface area (Å²) in [6, 6.07) is 5.73. The molecule has 0 bridgehead atoms. The maximum atomic E-state index is 9.45. The van der Waals surface area contributed by atoms with Gasteiger partial charge in [-0.2, -0.15) is 0 Å². The summed E-state index contributed by atoms with van der Waals surface area (Å²) in [5.74, 6) is 0. The van der Waals surface area contributed by atoms with Crippen LogP contribution in [0.2, 0.25) is 0 Å². The Balaban J connectivity index is 2.57. The molecule has 0 fully saturated rings. The monoisotopic (exact) mass is 149 g/mol. The van der Waals surface area contributed by atoms with Gasteiger partial charge >= 0.3 is 0 Å². The minimum atomic E-state index is -0.284. The summed E-state index contributed by atoms with van der Waals surface area (Å²) in [4.78, 5) is 0. The van der Waals surface area contributed by atoms with Gasteiger partial charge in [-0.1, -0.05) is 12.1 Å². The van der Waals surface area contributed by atoms with E-state index in [1.165, 1.54) is 0 Å². The number of hydrogen-bond acceptors (Lipinski definition) is 2. The van der Waals surface area contributed by atoms with Gasteiger partial charge in [-0.05, 0) is 30.0 Å². The molecule has 3 N–H and O–H groups in total. The van der Waals surface area contributed by atoms with Crippen LogP contribution in [-0.4, -0.2) is 5.11 Å². The molecule has 58 valence electrons. The molecule has 2 nitrogen and oxygen atoms in total. The predicted molar refractivity (Wildman–Crippen MR) is 44.1 cm³/mol. The van der Waals surface area contributed by atoms with E-state index < -0.39 is 0 Å². The van der Waals surface area contributed by atoms with Gasteiger partial charge in [-0.15, -0.1) is 0 Å². The number of aliphatic hydroxyl groups excluding tert-OH is 1. The molecule has 0 saturated heterocycles. The van der Waals surface area contributed by atoms with Crippen molar-refractivity contribution in [1.82, 2.24) is 0 Å². The van der Waals surface area contributed by atoms with E-state index in [2.05, 4.69) is 0 Å². The molecule has 1 aromatic carbocycles. The Morgan fingerprint density at radius 1 is 1.45 bits per heavy atom. The van der Waals surface area contributed by atoms with E-state index in [9.17, 15) is 5.11 Å². The maximum Gasteiger partial charge on any atom is 0.0796 e. The summed E-state index contributed by atoms with van der Waals surface area (Å²) in [5, 5.41) is 9.45. The number of rotatable bonds is 0. The lowest BCUT2D eigenvalue weighted by Gasteiger charge is -2.04. The van der Waals surface area contributed by atoms with Crippen LogP contribution in [0, 0.1) is 0 Å². The Bertz CT molecular complexity index is 283. The highest BCUT2D eigenvalue weighted by molar-refractivity contribution is 5.53. The normalized spacial score (nSPS) is 21.7. The van der Waals surface area contributed by atoms with Crippen LogP contribution in [0.5, 0.6) is 0 Å². The highest BCUT2D eigenvalue weighted by Gasteiger charge is 2.20. The molecule has 0 spiro atoms. The molecule has 0 aromatic heterocycles. The largest absolute Gasteiger partial charge is 0.398 e. The van der Waals surface area contributed by atoms with Crippen LogP contribution >= 0.6 is 0 Å². The molecular formula is C9H11NO. The summed E-state index contributed by atoms with van der Waals surface area (Å²) in [6.07, 6.45) is 1.46. The zero-order valence-electron chi connectivity index (χ0n) is 6.25. The molecule has 0 amide bonds. The summed E-state index contributed by atoms with van der Waals surface area (Å²) in [5.41, 5.74) is 8.70. The first-order chi connectivity index (χ1) is 5.29. The van der Waals surface area contributed by atoms with E-state index >= 15 is 0 Å². The van der Waals surface area contributed by atoms with Gasteiger partial charge in [-0.25, -0.2) is 0 Å². The van der Waals surface area contributed by atoms with Crippen LogP contribution in [-0.2, 0) is 6.42 Å². The third-order valence-electron chi connectivity index (χ3n) is 2.28. The fourth-order valence-corrected chi connectivity index (χ4v) is 1.66. The average molecular weight is 149 g/mol. The van der Waals surface area contributed by atoms with E-state index in [0.717, 1.165) is 29.7 Å². The maximum absolute atomic E-state index is 9.45. The standard InChI is InChI=1S/C9H11NO/c10-8-3-1-2-7-6(8)4-5-9(7)11/h1-3,9,11H,4-5,10H2/t9-/m0/s1. The van der Waals surface area contributed by atoms with Gasteiger partial charge in [0, 0.05) is 5.69 Å². The van der Waals surface area contributed by atoms with Crippen LogP contribution in [0.3, 0.4) is 0 Å². The SMILES string of the molecule is Nc1cccc2c1CC[C@@H]2O. The van der Waals surface area contributed by atoms with E-state index in [0.29, 0.717) is 0 Å². The summed E-state index contributed by atoms with van der Waals surface area (Å²) < 4.78 is 0. The van der Waals surface area contributed by atoms with Crippen LogP contribution < -0.4 is 5.73 Å². The van der Waals surface area contributed by atoms with E-state index in [4.69, 9.17) is 5.73 Å². The fourth-order valence-electron chi connectivity index (χ4n) is 1.66. The molecule has 0 aliphatic heterocycles. The van der Waals surface area contributed by atoms with Crippen molar-refractivity contribution in [1.29, 1.82) is 0 Å². The first kappa shape index (κ1) is 6.68. The highest BCUT2D eigenvalue weighted by atomic mass is 16.3. The molecule has 1 aromatic rings. The van der Waals surface area contributed by atoms with Gasteiger partial charge in [-0.3, -0.25) is 0 Å². The predicted octanol–water partition coefficient (Wildman–Crippen LogP) is 1.25. The Morgan fingerprint density at radius 2 is 2.27 bits per heavy atom. The summed E-state index contributed by atoms with van der Waals surface area (Å²) >= 11 is 0. The topological polar surface area (TPSA) is 46.2 Å². The van der Waals surface area contributed by atoms with Crippen molar-refractivity contribution in [2.75, 3.05) is 5.73 Å². The van der Waals surface area contributed by atoms with Crippen molar-refractivity contribution in [3.8, 4) is 0 Å². The number of fused-ring (bicyclic) bond motifs is 1. The van der Waals surface area contributed by atoms with Crippen molar-refractivity contribution in [2.45, 2.75) is 18.9 Å². The Kier molecular flexibility index (Phi) is 1.36. The highest BCUT2D eigenvalue weighted by Crippen LogP contribution is 2.33. The number of anilines is 1. The Hall–Kier alpha value is -1.02. The van der Waals surface area contributed by atoms with Crippen molar-refractivity contribution in [3.05, 3.63) is 29.3 Å². The van der Waals surface area contributed by atoms with E-state index in [1.54, 1.807) is 0 Å². The Morgan fingerprint density at radius 3 is 3.00 bits per heavy atom. The summed E-state index contributed by atoms with van der Waals surface area (Å²) in [6.45, 7) is 0. The van der Waals surface area contributed by atoms with Crippen LogP contribution in [0.4, 0.5) is 5.69 Å². The van der Waals surface area contributed by atoms with Crippen molar-refractivity contribution >= 4 is 5.69 Å². The van der Waals surface area contributed by atoms with Gasteiger partial charge in [0.25, 0.3) is 0 Å². The van der Waals surface area contributed by atoms with Crippen molar-refractivity contribution in [3.63, 3.8) is 0 Å². The van der Waals surface area contributed by atoms with E-state index in [-0.39, 0.29) is 6.10 Å². The molecule has 1 aliphatic rings. The molecule has 2 rings (SSSR count). The zero-order chi connectivity index (χ0) is 7.84. The molecule has 0 radical (unpaired) electrons. The smallest absolute Gasteiger partial charge is 0.0796 e. The minimum Gasteiger partial charge on any atom is -0.398 e. The molecule has 0 saturated carbocycles. The number of hydrogen-bond donors (Lipinski definition) is 2. The molecular weight excluding hydrogens is 138 g/mol. The summed E-state index contributed by atoms with van der Waals surface area (Å²) in [7, 11) is 0. The van der Waals surface area contributed by atoms with Gasteiger partial charge in [0.15, 0.2) is 0 Å². The Labute approximate surface area is 65.7 Å². The zero-order valence-corrected chi connectivity index (χ0v) is 6.25. The third kappa shape index (κ3) is 0.906. The lowest BCUT2D eigenvalue weighted by Crippen LogP contribution is -1.93. The molecule has 0 heterocycles. The first-order valence-corrected chi connectivity index (χ1v) is 3.84. The average Bonchev–Trinajstić information content (AvgIpc) is 2.35. The minimum absolute atomic E-state index is 0.284. The van der Waals surface area contributed by atoms with Gasteiger partial charge in [0.1, 0.15) is 0 Å². The quantitative estimate of drug-likeness (QED) is 0.545. The first-order valence-electron chi connectivity index (χ1n) is 3.84. The van der Waals surface area contributed by atoms with Gasteiger partial charge < -0.3 is 10.8 Å². The van der Waals surface area contributed by atoms with Crippen LogP contribution in [0.25, 0.3) is 0 Å². The lowest BCUT2D eigenvalue weighted by molar-refractivity contribution is 0.180. The van der Waals surface area contributed by atoms with Crippen molar-refractivity contribution < 1.29 is 5.11 Å². The van der Waals surface area contributed by atoms with Gasteiger partial charge in [0.05, 0.1) is 6.10 Å². The van der Waals surface area contributed by atoms with Crippen molar-refractivity contribution in [2.24, 2.45) is 0 Å². The van der Waals surface area contributed by atoms with E-state index in [1.807, 2.05) is 18.2 Å². The molecule has 11 heavy (non-hydrogen) atoms. The second-order valence-electron chi connectivity index (χ2n) is 2.97. The van der Waals surface area contributed by atoms with Gasteiger partial charge in [0.2, 0.25) is 0 Å². The second kappa shape index (κ2) is 2.24. The van der Waals surface area contributed by atoms with Crippen LogP contribution in [0.1, 0.15) is 23.7 Å². The molecule has 2 heteroatoms. The molecule has 1 aliphatic carbocycles. The number of nitrogen functional groups attached to an aromatic ring is 1. The third-order valence-corrected chi connectivity index (χ3v) is 2.28. The fraction of sp³-hybridized carbons (Fsp3) is 0.333. The number of aliphatic hydroxyl groups is 1. The number of nitrogens with two attached hydrogens (primary N) is 1. The lowest BCUT2D eigenvalue weighted by atomic mass is 10.1. The second-order valence-corrected chi connectivity index (χ2v) is 2.97. The molecule has 1 atom stereocenters.